The van der Waals surface area contributed by atoms with E-state index in [1.54, 1.807) is 0 Å². The smallest absolute Gasteiger partial charge is 0.249 e. The van der Waals surface area contributed by atoms with Crippen LogP contribution in [0.25, 0.3) is 11.4 Å². The van der Waals surface area contributed by atoms with Gasteiger partial charge in [0.25, 0.3) is 0 Å². The van der Waals surface area contributed by atoms with Crippen molar-refractivity contribution < 1.29 is 4.79 Å². The topological polar surface area (TPSA) is 63.9 Å². The molecule has 0 N–H and O–H groups in total. The number of hydrogen-bond donors (Lipinski definition) is 0. The maximum Gasteiger partial charge on any atom is 0.249 e. The van der Waals surface area contributed by atoms with Crippen molar-refractivity contribution in [3.63, 3.8) is 0 Å². The highest BCUT2D eigenvalue weighted by Crippen LogP contribution is 2.22. The Morgan fingerprint density at radius 2 is 1.82 bits per heavy atom. The highest BCUT2D eigenvalue weighted by molar-refractivity contribution is 5.80. The Kier molecular flexibility index (Phi) is 4.18. The van der Waals surface area contributed by atoms with E-state index in [1.165, 1.54) is 4.80 Å². The molecule has 1 aliphatic rings. The van der Waals surface area contributed by atoms with Crippen molar-refractivity contribution >= 4 is 5.91 Å². The summed E-state index contributed by atoms with van der Waals surface area (Å²) in [5.74, 6) is 0.774. The summed E-state index contributed by atoms with van der Waals surface area (Å²) in [6.07, 6.45) is 2.16. The van der Waals surface area contributed by atoms with Crippen molar-refractivity contribution in [1.82, 2.24) is 25.1 Å². The van der Waals surface area contributed by atoms with Gasteiger partial charge >= 0.3 is 0 Å². The Balaban J connectivity index is 1.86. The lowest BCUT2D eigenvalue weighted by Gasteiger charge is -2.24. The lowest BCUT2D eigenvalue weighted by atomic mass is 10.0. The van der Waals surface area contributed by atoms with Crippen LogP contribution >= 0.6 is 0 Å². The first kappa shape index (κ1) is 14.7. The molecular formula is C16H21N5O. The predicted octanol–water partition coefficient (Wildman–Crippen LogP) is 2.16. The first-order valence-corrected chi connectivity index (χ1v) is 7.80. The molecule has 1 fully saturated rings. The van der Waals surface area contributed by atoms with Crippen LogP contribution in [0.15, 0.2) is 30.3 Å². The van der Waals surface area contributed by atoms with Gasteiger partial charge in [0, 0.05) is 18.7 Å². The Morgan fingerprint density at radius 1 is 1.14 bits per heavy atom. The van der Waals surface area contributed by atoms with Crippen LogP contribution in [0.5, 0.6) is 0 Å². The predicted molar refractivity (Wildman–Crippen MR) is 82.9 cm³/mol. The minimum Gasteiger partial charge on any atom is -0.341 e. The molecule has 1 saturated heterocycles. The minimum atomic E-state index is -0.386. The van der Waals surface area contributed by atoms with Gasteiger partial charge in [-0.25, -0.2) is 0 Å². The Morgan fingerprint density at radius 3 is 2.45 bits per heavy atom. The second kappa shape index (κ2) is 6.25. The van der Waals surface area contributed by atoms with E-state index < -0.39 is 0 Å². The molecule has 116 valence electrons. The van der Waals surface area contributed by atoms with Crippen LogP contribution in [0.4, 0.5) is 0 Å². The molecule has 2 aromatic rings. The number of carbonyl (C=O) groups is 1. The van der Waals surface area contributed by atoms with Crippen molar-refractivity contribution in [1.29, 1.82) is 0 Å². The molecule has 0 spiro atoms. The van der Waals surface area contributed by atoms with Crippen LogP contribution < -0.4 is 0 Å². The van der Waals surface area contributed by atoms with Gasteiger partial charge in [0.15, 0.2) is 6.04 Å². The number of tetrazole rings is 1. The molecule has 1 amide bonds. The summed E-state index contributed by atoms with van der Waals surface area (Å²) in [5.41, 5.74) is 0.907. The molecule has 3 rings (SSSR count). The number of carbonyl (C=O) groups excluding carboxylic acids is 1. The van der Waals surface area contributed by atoms with Gasteiger partial charge < -0.3 is 4.90 Å². The van der Waals surface area contributed by atoms with E-state index in [-0.39, 0.29) is 17.9 Å². The number of hydrogen-bond acceptors (Lipinski definition) is 4. The number of amides is 1. The zero-order valence-electron chi connectivity index (χ0n) is 13.0. The summed E-state index contributed by atoms with van der Waals surface area (Å²) >= 11 is 0. The lowest BCUT2D eigenvalue weighted by Crippen LogP contribution is -2.38. The first-order valence-electron chi connectivity index (χ1n) is 7.80. The molecular weight excluding hydrogens is 278 g/mol. The number of rotatable bonds is 4. The van der Waals surface area contributed by atoms with Crippen LogP contribution in [0.2, 0.25) is 0 Å². The summed E-state index contributed by atoms with van der Waals surface area (Å²) in [4.78, 5) is 16.1. The van der Waals surface area contributed by atoms with Gasteiger partial charge in [-0.15, -0.1) is 10.2 Å². The largest absolute Gasteiger partial charge is 0.341 e. The highest BCUT2D eigenvalue weighted by atomic mass is 16.2. The summed E-state index contributed by atoms with van der Waals surface area (Å²) in [5, 5.41) is 12.7. The Bertz CT molecular complexity index is 631. The Hall–Kier alpha value is -2.24. The van der Waals surface area contributed by atoms with Crippen LogP contribution in [-0.4, -0.2) is 44.1 Å². The third-order valence-electron chi connectivity index (χ3n) is 4.01. The van der Waals surface area contributed by atoms with Gasteiger partial charge in [0.2, 0.25) is 11.7 Å². The van der Waals surface area contributed by atoms with Gasteiger partial charge in [0.1, 0.15) is 0 Å². The molecule has 6 nitrogen and oxygen atoms in total. The van der Waals surface area contributed by atoms with Crippen LogP contribution in [0.3, 0.4) is 0 Å². The molecule has 2 heterocycles. The van der Waals surface area contributed by atoms with Gasteiger partial charge in [-0.2, -0.15) is 4.80 Å². The van der Waals surface area contributed by atoms with E-state index in [4.69, 9.17) is 0 Å². The monoisotopic (exact) mass is 299 g/mol. The summed E-state index contributed by atoms with van der Waals surface area (Å²) in [7, 11) is 0. The summed E-state index contributed by atoms with van der Waals surface area (Å²) < 4.78 is 0. The molecule has 0 aliphatic carbocycles. The number of nitrogens with zero attached hydrogens (tertiary/aromatic N) is 5. The quantitative estimate of drug-likeness (QED) is 0.868. The fourth-order valence-corrected chi connectivity index (χ4v) is 2.82. The van der Waals surface area contributed by atoms with Crippen LogP contribution in [0.1, 0.15) is 32.7 Å². The fraction of sp³-hybridized carbons (Fsp3) is 0.500. The van der Waals surface area contributed by atoms with Crippen LogP contribution in [0, 0.1) is 5.92 Å². The normalized spacial score (nSPS) is 16.2. The number of benzene rings is 1. The van der Waals surface area contributed by atoms with E-state index in [1.807, 2.05) is 49.1 Å². The first-order chi connectivity index (χ1) is 10.7. The average molecular weight is 299 g/mol. The molecule has 22 heavy (non-hydrogen) atoms. The minimum absolute atomic E-state index is 0.101. The van der Waals surface area contributed by atoms with Gasteiger partial charge in [-0.3, -0.25) is 4.79 Å². The second-order valence-corrected chi connectivity index (χ2v) is 6.02. The SMILES string of the molecule is CC(C)C(C(=O)N1CCCC1)n1nnc(-c2ccccc2)n1. The van der Waals surface area contributed by atoms with E-state index >= 15 is 0 Å². The number of aromatic nitrogens is 4. The third kappa shape index (κ3) is 2.86. The molecule has 0 radical (unpaired) electrons. The lowest BCUT2D eigenvalue weighted by molar-refractivity contribution is -0.135. The van der Waals surface area contributed by atoms with Gasteiger partial charge in [-0.05, 0) is 24.0 Å². The molecule has 1 aromatic heterocycles. The number of likely N-dealkylation sites (tertiary alicyclic amines) is 1. The Labute approximate surface area is 130 Å². The maximum absolute atomic E-state index is 12.7. The summed E-state index contributed by atoms with van der Waals surface area (Å²) in [6.45, 7) is 5.71. The van der Waals surface area contributed by atoms with Crippen molar-refractivity contribution in [3.8, 4) is 11.4 Å². The molecule has 6 heteroatoms. The van der Waals surface area contributed by atoms with E-state index in [2.05, 4.69) is 15.4 Å². The average Bonchev–Trinajstić information content (AvgIpc) is 3.20. The van der Waals surface area contributed by atoms with Crippen LogP contribution in [-0.2, 0) is 4.79 Å². The molecule has 1 aromatic carbocycles. The molecule has 1 atom stereocenters. The van der Waals surface area contributed by atoms with E-state index in [0.29, 0.717) is 5.82 Å². The molecule has 0 bridgehead atoms. The van der Waals surface area contributed by atoms with Crippen molar-refractivity contribution in [2.24, 2.45) is 5.92 Å². The van der Waals surface area contributed by atoms with Crippen molar-refractivity contribution in [3.05, 3.63) is 30.3 Å². The molecule has 1 aliphatic heterocycles. The van der Waals surface area contributed by atoms with E-state index in [0.717, 1.165) is 31.5 Å². The van der Waals surface area contributed by atoms with Crippen molar-refractivity contribution in [2.75, 3.05) is 13.1 Å². The maximum atomic E-state index is 12.7. The summed E-state index contributed by atoms with van der Waals surface area (Å²) in [6, 6.07) is 9.31. The molecule has 1 unspecified atom stereocenters. The van der Waals surface area contributed by atoms with Crippen molar-refractivity contribution in [2.45, 2.75) is 32.7 Å². The standard InChI is InChI=1S/C16H21N5O/c1-12(2)14(16(22)20-10-6-7-11-20)21-18-15(17-19-21)13-8-4-3-5-9-13/h3-5,8-9,12,14H,6-7,10-11H2,1-2H3. The van der Waals surface area contributed by atoms with Gasteiger partial charge in [0.05, 0.1) is 0 Å². The molecule has 0 saturated carbocycles. The highest BCUT2D eigenvalue weighted by Gasteiger charge is 2.32. The third-order valence-corrected chi connectivity index (χ3v) is 4.01. The van der Waals surface area contributed by atoms with E-state index in [9.17, 15) is 4.79 Å². The fourth-order valence-electron chi connectivity index (χ4n) is 2.82. The zero-order chi connectivity index (χ0) is 15.5. The zero-order valence-corrected chi connectivity index (χ0v) is 13.0. The second-order valence-electron chi connectivity index (χ2n) is 6.02. The van der Waals surface area contributed by atoms with Gasteiger partial charge in [-0.1, -0.05) is 44.2 Å².